The molecule has 1 saturated carbocycles. The largest absolute Gasteiger partial charge is 0.343 e. The van der Waals surface area contributed by atoms with Crippen LogP contribution < -0.4 is 0 Å². The highest BCUT2D eigenvalue weighted by molar-refractivity contribution is 5.76. The topological polar surface area (TPSA) is 38.1 Å². The number of likely N-dealkylation sites (tertiary alicyclic amines) is 1. The van der Waals surface area contributed by atoms with Gasteiger partial charge in [-0.05, 0) is 44.4 Å². The van der Waals surface area contributed by atoms with Gasteiger partial charge in [0.15, 0.2) is 0 Å². The number of aromatic nitrogens is 2. The molecule has 0 aromatic carbocycles. The Hall–Kier alpha value is -1.32. The first kappa shape index (κ1) is 16.5. The Bertz CT molecular complexity index is 537. The van der Waals surface area contributed by atoms with E-state index in [0.29, 0.717) is 30.1 Å². The third-order valence-electron chi connectivity index (χ3n) is 5.55. The number of piperidine rings is 1. The van der Waals surface area contributed by atoms with Crippen molar-refractivity contribution in [3.8, 4) is 0 Å². The highest BCUT2D eigenvalue weighted by Crippen LogP contribution is 2.36. The molecule has 1 saturated heterocycles. The van der Waals surface area contributed by atoms with E-state index in [-0.39, 0.29) is 0 Å². The average molecular weight is 317 g/mol. The summed E-state index contributed by atoms with van der Waals surface area (Å²) in [7, 11) is 0. The lowest BCUT2D eigenvalue weighted by Crippen LogP contribution is -2.40. The second-order valence-corrected chi connectivity index (χ2v) is 7.92. The Balaban J connectivity index is 1.55. The minimum atomic E-state index is 0.340. The monoisotopic (exact) mass is 317 g/mol. The number of hydrogen-bond donors (Lipinski definition) is 0. The molecule has 0 N–H and O–H groups in total. The fraction of sp³-hybridized carbons (Fsp3) is 0.789. The molecule has 4 nitrogen and oxygen atoms in total. The summed E-state index contributed by atoms with van der Waals surface area (Å²) in [5.74, 6) is 3.49. The van der Waals surface area contributed by atoms with Crippen molar-refractivity contribution in [3.63, 3.8) is 0 Å². The number of rotatable bonds is 5. The number of hydrogen-bond acceptors (Lipinski definition) is 2. The summed E-state index contributed by atoms with van der Waals surface area (Å²) in [5.41, 5.74) is 1.30. The van der Waals surface area contributed by atoms with Gasteiger partial charge in [0.1, 0.15) is 5.82 Å². The second-order valence-electron chi connectivity index (χ2n) is 7.92. The zero-order chi connectivity index (χ0) is 16.4. The van der Waals surface area contributed by atoms with Gasteiger partial charge in [0, 0.05) is 43.9 Å². The maximum absolute atomic E-state index is 12.2. The van der Waals surface area contributed by atoms with E-state index in [1.807, 2.05) is 6.20 Å². The van der Waals surface area contributed by atoms with E-state index < -0.39 is 0 Å². The Morgan fingerprint density at radius 2 is 1.96 bits per heavy atom. The van der Waals surface area contributed by atoms with Crippen molar-refractivity contribution in [2.45, 2.75) is 71.8 Å². The van der Waals surface area contributed by atoms with Crippen molar-refractivity contribution in [2.24, 2.45) is 11.8 Å². The number of amides is 1. The summed E-state index contributed by atoms with van der Waals surface area (Å²) in [5, 5.41) is 0. The van der Waals surface area contributed by atoms with Crippen LogP contribution in [0.2, 0.25) is 0 Å². The molecule has 0 unspecified atom stereocenters. The van der Waals surface area contributed by atoms with Gasteiger partial charge < -0.3 is 9.47 Å². The maximum Gasteiger partial charge on any atom is 0.222 e. The van der Waals surface area contributed by atoms with Crippen LogP contribution in [0.25, 0.3) is 0 Å². The zero-order valence-electron chi connectivity index (χ0n) is 14.9. The van der Waals surface area contributed by atoms with E-state index in [2.05, 4.69) is 35.2 Å². The van der Waals surface area contributed by atoms with Crippen molar-refractivity contribution in [1.29, 1.82) is 0 Å². The van der Waals surface area contributed by atoms with E-state index in [1.165, 1.54) is 30.8 Å². The van der Waals surface area contributed by atoms with Gasteiger partial charge in [-0.25, -0.2) is 4.98 Å². The van der Waals surface area contributed by atoms with E-state index in [4.69, 9.17) is 0 Å². The molecule has 1 amide bonds. The lowest BCUT2D eigenvalue weighted by Gasteiger charge is -2.34. The molecule has 3 rings (SSSR count). The van der Waals surface area contributed by atoms with Crippen LogP contribution in [-0.2, 0) is 11.3 Å². The number of carbonyl (C=O) groups is 1. The summed E-state index contributed by atoms with van der Waals surface area (Å²) in [4.78, 5) is 18.9. The van der Waals surface area contributed by atoms with Crippen LogP contribution in [-0.4, -0.2) is 33.4 Å². The Morgan fingerprint density at radius 3 is 2.52 bits per heavy atom. The first-order chi connectivity index (χ1) is 11.0. The van der Waals surface area contributed by atoms with E-state index >= 15 is 0 Å². The van der Waals surface area contributed by atoms with Gasteiger partial charge in [0.25, 0.3) is 0 Å². The zero-order valence-corrected chi connectivity index (χ0v) is 14.9. The standard InChI is InChI=1S/C19H31N3O/c1-14(2)11-18(23)21-9-7-16(8-10-21)13-22-15(3)12-20-19(22)17-5-4-6-17/h12,14,16-17H,4-11,13H2,1-3H3. The van der Waals surface area contributed by atoms with Crippen molar-refractivity contribution < 1.29 is 4.79 Å². The minimum absolute atomic E-state index is 0.340. The lowest BCUT2D eigenvalue weighted by molar-refractivity contribution is -0.133. The molecule has 128 valence electrons. The maximum atomic E-state index is 12.2. The van der Waals surface area contributed by atoms with Crippen LogP contribution in [0.1, 0.15) is 69.8 Å². The van der Waals surface area contributed by atoms with Crippen molar-refractivity contribution in [3.05, 3.63) is 17.7 Å². The van der Waals surface area contributed by atoms with Crippen LogP contribution in [0.15, 0.2) is 6.20 Å². The lowest BCUT2D eigenvalue weighted by atomic mass is 9.84. The van der Waals surface area contributed by atoms with Gasteiger partial charge in [0.05, 0.1) is 0 Å². The van der Waals surface area contributed by atoms with Gasteiger partial charge in [-0.1, -0.05) is 20.3 Å². The highest BCUT2D eigenvalue weighted by Gasteiger charge is 2.28. The summed E-state index contributed by atoms with van der Waals surface area (Å²) in [6.07, 6.45) is 8.95. The van der Waals surface area contributed by atoms with Crippen LogP contribution >= 0.6 is 0 Å². The van der Waals surface area contributed by atoms with Crippen molar-refractivity contribution >= 4 is 5.91 Å². The van der Waals surface area contributed by atoms with Crippen LogP contribution in [0.3, 0.4) is 0 Å². The third-order valence-corrected chi connectivity index (χ3v) is 5.55. The third kappa shape index (κ3) is 3.78. The number of aryl methyl sites for hydroxylation is 1. The molecule has 2 fully saturated rings. The summed E-state index contributed by atoms with van der Waals surface area (Å²) in [6, 6.07) is 0. The molecule has 0 atom stereocenters. The first-order valence-corrected chi connectivity index (χ1v) is 9.34. The molecule has 0 radical (unpaired) electrons. The van der Waals surface area contributed by atoms with Gasteiger partial charge in [-0.15, -0.1) is 0 Å². The number of carbonyl (C=O) groups excluding carboxylic acids is 1. The summed E-state index contributed by atoms with van der Waals surface area (Å²) >= 11 is 0. The summed E-state index contributed by atoms with van der Waals surface area (Å²) < 4.78 is 2.46. The first-order valence-electron chi connectivity index (χ1n) is 9.34. The fourth-order valence-electron chi connectivity index (χ4n) is 3.81. The van der Waals surface area contributed by atoms with Gasteiger partial charge >= 0.3 is 0 Å². The van der Waals surface area contributed by atoms with Crippen LogP contribution in [0.5, 0.6) is 0 Å². The molecular formula is C19H31N3O. The van der Waals surface area contributed by atoms with E-state index in [0.717, 1.165) is 32.5 Å². The Labute approximate surface area is 140 Å². The Morgan fingerprint density at radius 1 is 1.26 bits per heavy atom. The van der Waals surface area contributed by atoms with Gasteiger partial charge in [-0.2, -0.15) is 0 Å². The minimum Gasteiger partial charge on any atom is -0.343 e. The molecule has 4 heteroatoms. The Kier molecular flexibility index (Phi) is 5.08. The highest BCUT2D eigenvalue weighted by atomic mass is 16.2. The molecule has 1 aliphatic carbocycles. The van der Waals surface area contributed by atoms with Crippen molar-refractivity contribution in [1.82, 2.24) is 14.5 Å². The average Bonchev–Trinajstić information content (AvgIpc) is 2.79. The SMILES string of the molecule is Cc1cnc(C2CCC2)n1CC1CCN(C(=O)CC(C)C)CC1. The molecule has 1 aliphatic heterocycles. The van der Waals surface area contributed by atoms with Gasteiger partial charge in [-0.3, -0.25) is 4.79 Å². The van der Waals surface area contributed by atoms with Crippen LogP contribution in [0, 0.1) is 18.8 Å². The molecule has 0 bridgehead atoms. The molecule has 1 aromatic rings. The molecule has 1 aromatic heterocycles. The molecule has 2 heterocycles. The normalized spacial score (nSPS) is 20.1. The molecule has 23 heavy (non-hydrogen) atoms. The molecular weight excluding hydrogens is 286 g/mol. The van der Waals surface area contributed by atoms with Crippen molar-refractivity contribution in [2.75, 3.05) is 13.1 Å². The molecule has 0 spiro atoms. The predicted octanol–water partition coefficient (Wildman–Crippen LogP) is 3.74. The molecule has 2 aliphatic rings. The smallest absolute Gasteiger partial charge is 0.222 e. The van der Waals surface area contributed by atoms with E-state index in [9.17, 15) is 4.79 Å². The second kappa shape index (κ2) is 7.06. The number of imidazole rings is 1. The quantitative estimate of drug-likeness (QED) is 0.829. The van der Waals surface area contributed by atoms with Crippen LogP contribution in [0.4, 0.5) is 0 Å². The number of nitrogens with zero attached hydrogens (tertiary/aromatic N) is 3. The van der Waals surface area contributed by atoms with Gasteiger partial charge in [0.2, 0.25) is 5.91 Å². The fourth-order valence-corrected chi connectivity index (χ4v) is 3.81. The van der Waals surface area contributed by atoms with E-state index in [1.54, 1.807) is 0 Å². The predicted molar refractivity (Wildman–Crippen MR) is 92.3 cm³/mol. The summed E-state index contributed by atoms with van der Waals surface area (Å²) in [6.45, 7) is 9.37.